The number of hydrogen-bond donors (Lipinski definition) is 3. The topological polar surface area (TPSA) is 69.6 Å². The standard InChI is InChI=1S/C11H19NO3/c1-9(4-3-5-10(9,2)15)12-11(6-7-11)8(13)14/h12,15H,3-7H2,1-2H3,(H,13,14). The molecule has 2 unspecified atom stereocenters. The Hall–Kier alpha value is -0.610. The van der Waals surface area contributed by atoms with Crippen LogP contribution in [-0.2, 0) is 4.79 Å². The van der Waals surface area contributed by atoms with Crippen molar-refractivity contribution >= 4 is 5.97 Å². The fourth-order valence-corrected chi connectivity index (χ4v) is 2.57. The van der Waals surface area contributed by atoms with Crippen LogP contribution in [0.4, 0.5) is 0 Å². The van der Waals surface area contributed by atoms with Gasteiger partial charge in [0.25, 0.3) is 0 Å². The molecule has 0 aromatic heterocycles. The van der Waals surface area contributed by atoms with Gasteiger partial charge in [0, 0.05) is 5.54 Å². The maximum absolute atomic E-state index is 11.1. The Balaban J connectivity index is 2.15. The van der Waals surface area contributed by atoms with E-state index in [1.807, 2.05) is 6.92 Å². The normalized spacial score (nSPS) is 42.9. The van der Waals surface area contributed by atoms with Crippen molar-refractivity contribution in [3.63, 3.8) is 0 Å². The minimum Gasteiger partial charge on any atom is -0.480 e. The average molecular weight is 213 g/mol. The minimum absolute atomic E-state index is 0.456. The molecule has 0 aromatic rings. The van der Waals surface area contributed by atoms with Gasteiger partial charge in [-0.2, -0.15) is 0 Å². The summed E-state index contributed by atoms with van der Waals surface area (Å²) in [5, 5.41) is 22.5. The molecule has 0 amide bonds. The highest BCUT2D eigenvalue weighted by Gasteiger charge is 2.58. The van der Waals surface area contributed by atoms with Gasteiger partial charge in [0.05, 0.1) is 5.60 Å². The Morgan fingerprint density at radius 1 is 1.20 bits per heavy atom. The molecule has 0 heterocycles. The molecule has 0 radical (unpaired) electrons. The quantitative estimate of drug-likeness (QED) is 0.651. The zero-order valence-corrected chi connectivity index (χ0v) is 9.34. The highest BCUT2D eigenvalue weighted by Crippen LogP contribution is 2.45. The smallest absolute Gasteiger partial charge is 0.323 e. The van der Waals surface area contributed by atoms with E-state index in [1.54, 1.807) is 6.92 Å². The molecule has 3 N–H and O–H groups in total. The van der Waals surface area contributed by atoms with Crippen LogP contribution in [0.1, 0.15) is 46.0 Å². The zero-order valence-electron chi connectivity index (χ0n) is 9.34. The van der Waals surface area contributed by atoms with E-state index < -0.39 is 22.6 Å². The SMILES string of the molecule is CC1(O)CCCC1(C)NC1(C(=O)O)CC1. The molecule has 4 heteroatoms. The van der Waals surface area contributed by atoms with Gasteiger partial charge in [-0.25, -0.2) is 0 Å². The Morgan fingerprint density at radius 3 is 2.13 bits per heavy atom. The van der Waals surface area contributed by atoms with Crippen molar-refractivity contribution in [1.29, 1.82) is 0 Å². The molecule has 2 atom stereocenters. The highest BCUT2D eigenvalue weighted by molar-refractivity contribution is 5.82. The summed E-state index contributed by atoms with van der Waals surface area (Å²) < 4.78 is 0. The van der Waals surface area contributed by atoms with E-state index in [9.17, 15) is 9.90 Å². The molecule has 2 aliphatic carbocycles. The van der Waals surface area contributed by atoms with Gasteiger partial charge in [0.1, 0.15) is 5.54 Å². The lowest BCUT2D eigenvalue weighted by atomic mass is 9.85. The third kappa shape index (κ3) is 1.56. The summed E-state index contributed by atoms with van der Waals surface area (Å²) in [5.74, 6) is -0.786. The molecule has 2 fully saturated rings. The van der Waals surface area contributed by atoms with E-state index in [0.717, 1.165) is 19.3 Å². The van der Waals surface area contributed by atoms with E-state index >= 15 is 0 Å². The second-order valence-electron chi connectivity index (χ2n) is 5.47. The Labute approximate surface area is 89.7 Å². The van der Waals surface area contributed by atoms with Crippen molar-refractivity contribution in [3.05, 3.63) is 0 Å². The summed E-state index contributed by atoms with van der Waals surface area (Å²) >= 11 is 0. The van der Waals surface area contributed by atoms with Gasteiger partial charge in [-0.1, -0.05) is 0 Å². The Morgan fingerprint density at radius 2 is 1.80 bits per heavy atom. The lowest BCUT2D eigenvalue weighted by Gasteiger charge is -2.40. The molecule has 86 valence electrons. The number of rotatable bonds is 3. The van der Waals surface area contributed by atoms with E-state index in [0.29, 0.717) is 12.8 Å². The van der Waals surface area contributed by atoms with Gasteiger partial charge in [-0.05, 0) is 46.0 Å². The maximum atomic E-state index is 11.1. The van der Waals surface area contributed by atoms with Crippen LogP contribution in [-0.4, -0.2) is 32.9 Å². The zero-order chi connectivity index (χ0) is 11.3. The van der Waals surface area contributed by atoms with Crippen LogP contribution in [0, 0.1) is 0 Å². The third-order valence-electron chi connectivity index (χ3n) is 4.20. The summed E-state index contributed by atoms with van der Waals surface area (Å²) in [6, 6.07) is 0. The van der Waals surface area contributed by atoms with Gasteiger partial charge in [0.15, 0.2) is 0 Å². The van der Waals surface area contributed by atoms with Crippen LogP contribution in [0.2, 0.25) is 0 Å². The van der Waals surface area contributed by atoms with Crippen molar-refractivity contribution in [3.8, 4) is 0 Å². The molecule has 0 saturated heterocycles. The van der Waals surface area contributed by atoms with Gasteiger partial charge in [0.2, 0.25) is 0 Å². The fourth-order valence-electron chi connectivity index (χ4n) is 2.57. The Kier molecular flexibility index (Phi) is 2.14. The predicted molar refractivity (Wildman–Crippen MR) is 55.6 cm³/mol. The summed E-state index contributed by atoms with van der Waals surface area (Å²) in [7, 11) is 0. The molecular formula is C11H19NO3. The highest BCUT2D eigenvalue weighted by atomic mass is 16.4. The largest absolute Gasteiger partial charge is 0.480 e. The van der Waals surface area contributed by atoms with E-state index in [-0.39, 0.29) is 0 Å². The molecule has 0 spiro atoms. The first kappa shape index (κ1) is 10.9. The summed E-state index contributed by atoms with van der Waals surface area (Å²) in [6.45, 7) is 3.73. The van der Waals surface area contributed by atoms with Crippen LogP contribution in [0.3, 0.4) is 0 Å². The summed E-state index contributed by atoms with van der Waals surface area (Å²) in [5.41, 5.74) is -2.01. The number of aliphatic carboxylic acids is 1. The Bertz CT molecular complexity index is 296. The van der Waals surface area contributed by atoms with Crippen molar-refractivity contribution < 1.29 is 15.0 Å². The van der Waals surface area contributed by atoms with Crippen molar-refractivity contribution in [1.82, 2.24) is 5.32 Å². The minimum atomic E-state index is -0.794. The first-order chi connectivity index (χ1) is 6.81. The summed E-state index contributed by atoms with van der Waals surface area (Å²) in [4.78, 5) is 11.1. The lowest BCUT2D eigenvalue weighted by Crippen LogP contribution is -2.61. The molecule has 0 aromatic carbocycles. The first-order valence-electron chi connectivity index (χ1n) is 5.57. The predicted octanol–water partition coefficient (Wildman–Crippen LogP) is 0.887. The molecule has 0 aliphatic heterocycles. The lowest BCUT2D eigenvalue weighted by molar-refractivity contribution is -0.142. The van der Waals surface area contributed by atoms with Gasteiger partial charge >= 0.3 is 5.97 Å². The molecule has 15 heavy (non-hydrogen) atoms. The monoisotopic (exact) mass is 213 g/mol. The van der Waals surface area contributed by atoms with Crippen molar-refractivity contribution in [2.75, 3.05) is 0 Å². The van der Waals surface area contributed by atoms with Crippen LogP contribution in [0.15, 0.2) is 0 Å². The number of carbonyl (C=O) groups is 1. The molecule has 2 rings (SSSR count). The van der Waals surface area contributed by atoms with Crippen LogP contribution < -0.4 is 5.32 Å². The van der Waals surface area contributed by atoms with Crippen LogP contribution in [0.25, 0.3) is 0 Å². The van der Waals surface area contributed by atoms with E-state index in [2.05, 4.69) is 5.32 Å². The van der Waals surface area contributed by atoms with E-state index in [1.165, 1.54) is 0 Å². The second kappa shape index (κ2) is 2.95. The van der Waals surface area contributed by atoms with Crippen LogP contribution in [0.5, 0.6) is 0 Å². The average Bonchev–Trinajstić information content (AvgIpc) is 2.79. The number of aliphatic hydroxyl groups is 1. The first-order valence-corrected chi connectivity index (χ1v) is 5.57. The number of hydrogen-bond acceptors (Lipinski definition) is 3. The molecule has 0 bridgehead atoms. The second-order valence-corrected chi connectivity index (χ2v) is 5.47. The van der Waals surface area contributed by atoms with Crippen molar-refractivity contribution in [2.24, 2.45) is 0 Å². The van der Waals surface area contributed by atoms with Gasteiger partial charge < -0.3 is 10.2 Å². The number of nitrogens with one attached hydrogen (secondary N) is 1. The maximum Gasteiger partial charge on any atom is 0.323 e. The molecular weight excluding hydrogens is 194 g/mol. The van der Waals surface area contributed by atoms with Gasteiger partial charge in [-0.15, -0.1) is 0 Å². The fraction of sp³-hybridized carbons (Fsp3) is 0.909. The molecule has 2 saturated carbocycles. The van der Waals surface area contributed by atoms with Crippen LogP contribution >= 0.6 is 0 Å². The van der Waals surface area contributed by atoms with Crippen molar-refractivity contribution in [2.45, 2.75) is 62.6 Å². The molecule has 2 aliphatic rings. The third-order valence-corrected chi connectivity index (χ3v) is 4.20. The number of carboxylic acids is 1. The summed E-state index contributed by atoms with van der Waals surface area (Å²) in [6.07, 6.45) is 3.88. The van der Waals surface area contributed by atoms with Gasteiger partial charge in [-0.3, -0.25) is 10.1 Å². The number of carboxylic acid groups (broad SMARTS) is 1. The van der Waals surface area contributed by atoms with E-state index in [4.69, 9.17) is 5.11 Å². The molecule has 4 nitrogen and oxygen atoms in total.